The normalized spacial score (nSPS) is 17.4. The fourth-order valence-corrected chi connectivity index (χ4v) is 2.66. The summed E-state index contributed by atoms with van der Waals surface area (Å²) >= 11 is 0. The van der Waals surface area contributed by atoms with Crippen LogP contribution in [-0.4, -0.2) is 30.4 Å². The maximum Gasteiger partial charge on any atom is 0.500 e. The highest BCUT2D eigenvalue weighted by Gasteiger charge is 2.52. The van der Waals surface area contributed by atoms with Crippen LogP contribution in [-0.2, 0) is 15.9 Å². The first kappa shape index (κ1) is 19.2. The molecule has 6 nitrogen and oxygen atoms in total. The summed E-state index contributed by atoms with van der Waals surface area (Å²) in [6, 6.07) is 11.3. The lowest BCUT2D eigenvalue weighted by atomic mass is 9.79. The smallest absolute Gasteiger partial charge is 0.497 e. The number of pyridine rings is 1. The molecule has 1 aromatic heterocycles. The van der Waals surface area contributed by atoms with Crippen LogP contribution in [0.4, 0.5) is 0 Å². The fraction of sp³-hybridized carbons (Fsp3) is 0.400. The summed E-state index contributed by atoms with van der Waals surface area (Å²) < 4.78 is 23.4. The molecule has 7 heteroatoms. The van der Waals surface area contributed by atoms with Crippen LogP contribution in [0.3, 0.4) is 0 Å². The van der Waals surface area contributed by atoms with Gasteiger partial charge in [-0.1, -0.05) is 12.1 Å². The minimum atomic E-state index is -0.610. The molecule has 2 aromatic rings. The summed E-state index contributed by atoms with van der Waals surface area (Å²) in [5.74, 6) is 1.31. The van der Waals surface area contributed by atoms with Crippen molar-refractivity contribution in [2.24, 2.45) is 0 Å². The van der Waals surface area contributed by atoms with Gasteiger partial charge in [-0.25, -0.2) is 4.98 Å². The highest BCUT2D eigenvalue weighted by atomic mass is 16.7. The third-order valence-corrected chi connectivity index (χ3v) is 5.07. The zero-order valence-corrected chi connectivity index (χ0v) is 16.3. The Labute approximate surface area is 160 Å². The van der Waals surface area contributed by atoms with E-state index in [0.29, 0.717) is 17.8 Å². The summed E-state index contributed by atoms with van der Waals surface area (Å²) in [6.07, 6.45) is 1.59. The van der Waals surface area contributed by atoms with Crippen molar-refractivity contribution in [3.8, 4) is 17.6 Å². The van der Waals surface area contributed by atoms with Crippen LogP contribution in [0.2, 0.25) is 0 Å². The molecule has 1 fully saturated rings. The molecular weight excluding hydrogens is 343 g/mol. The molecule has 0 bridgehead atoms. The van der Waals surface area contributed by atoms with E-state index >= 15 is 0 Å². The van der Waals surface area contributed by atoms with E-state index in [1.807, 2.05) is 58.0 Å². The molecule has 0 amide bonds. The zero-order chi connectivity index (χ0) is 19.7. The monoisotopic (exact) mass is 366 g/mol. The molecule has 0 saturated carbocycles. The number of nitriles is 1. The van der Waals surface area contributed by atoms with Crippen molar-refractivity contribution < 1.29 is 18.8 Å². The predicted octanol–water partition coefficient (Wildman–Crippen LogP) is 2.84. The molecule has 1 aromatic carbocycles. The van der Waals surface area contributed by atoms with E-state index in [9.17, 15) is 5.26 Å². The molecule has 1 aliphatic rings. The van der Waals surface area contributed by atoms with Gasteiger partial charge >= 0.3 is 7.12 Å². The molecule has 140 valence electrons. The molecule has 2 heterocycles. The molecule has 1 aliphatic heterocycles. The summed E-state index contributed by atoms with van der Waals surface area (Å²) in [5.41, 5.74) is 0.976. The van der Waals surface area contributed by atoms with Crippen LogP contribution in [0, 0.1) is 11.3 Å². The number of ether oxygens (including phenoxy) is 2. The third kappa shape index (κ3) is 3.92. The number of methoxy groups -OCH3 is 1. The van der Waals surface area contributed by atoms with Crippen molar-refractivity contribution in [3.05, 3.63) is 47.8 Å². The van der Waals surface area contributed by atoms with Gasteiger partial charge in [-0.15, -0.1) is 0 Å². The Bertz CT molecular complexity index is 843. The minimum absolute atomic E-state index is 0.278. The lowest BCUT2D eigenvalue weighted by molar-refractivity contribution is 0.00578. The Morgan fingerprint density at radius 1 is 1.11 bits per heavy atom. The highest BCUT2D eigenvalue weighted by Crippen LogP contribution is 2.37. The van der Waals surface area contributed by atoms with Crippen LogP contribution in [0.15, 0.2) is 36.5 Å². The van der Waals surface area contributed by atoms with Gasteiger partial charge in [0.15, 0.2) is 0 Å². The van der Waals surface area contributed by atoms with E-state index in [-0.39, 0.29) is 5.69 Å². The maximum atomic E-state index is 9.18. The molecule has 3 rings (SSSR count). The summed E-state index contributed by atoms with van der Waals surface area (Å²) in [5, 5.41) is 9.18. The first-order valence-corrected chi connectivity index (χ1v) is 8.77. The number of hydrogen-bond acceptors (Lipinski definition) is 6. The molecule has 27 heavy (non-hydrogen) atoms. The van der Waals surface area contributed by atoms with Crippen molar-refractivity contribution in [3.63, 3.8) is 0 Å². The van der Waals surface area contributed by atoms with Gasteiger partial charge in [0, 0.05) is 17.7 Å². The number of hydrogen-bond donors (Lipinski definition) is 0. The number of aromatic nitrogens is 1. The van der Waals surface area contributed by atoms with Gasteiger partial charge < -0.3 is 18.8 Å². The van der Waals surface area contributed by atoms with Gasteiger partial charge in [-0.3, -0.25) is 0 Å². The van der Waals surface area contributed by atoms with Gasteiger partial charge in [-0.05, 0) is 45.4 Å². The van der Waals surface area contributed by atoms with E-state index in [2.05, 4.69) is 4.98 Å². The van der Waals surface area contributed by atoms with Crippen LogP contribution in [0.1, 0.15) is 39.0 Å². The lowest BCUT2D eigenvalue weighted by Crippen LogP contribution is -2.41. The molecule has 0 unspecified atom stereocenters. The molecular formula is C20H23BN2O4. The average Bonchev–Trinajstić information content (AvgIpc) is 2.87. The maximum absolute atomic E-state index is 9.18. The van der Waals surface area contributed by atoms with Gasteiger partial charge in [-0.2, -0.15) is 5.26 Å². The van der Waals surface area contributed by atoms with Crippen LogP contribution >= 0.6 is 0 Å². The standard InChI is InChI=1S/C20H23BN2O4/c1-19(2)20(3,4)27-21(26-19)17-12-23-15(11-22)10-18(17)25-13-14-6-8-16(24-5)9-7-14/h6-10,12H,13H2,1-5H3. The highest BCUT2D eigenvalue weighted by molar-refractivity contribution is 6.63. The van der Waals surface area contributed by atoms with E-state index in [0.717, 1.165) is 11.3 Å². The van der Waals surface area contributed by atoms with Crippen LogP contribution < -0.4 is 14.9 Å². The Kier molecular flexibility index (Phi) is 5.14. The van der Waals surface area contributed by atoms with E-state index in [1.165, 1.54) is 0 Å². The van der Waals surface area contributed by atoms with Crippen LogP contribution in [0.5, 0.6) is 11.5 Å². The Morgan fingerprint density at radius 3 is 2.30 bits per heavy atom. The first-order chi connectivity index (χ1) is 12.8. The lowest BCUT2D eigenvalue weighted by Gasteiger charge is -2.32. The summed E-state index contributed by atoms with van der Waals surface area (Å²) in [4.78, 5) is 4.16. The number of benzene rings is 1. The molecule has 0 atom stereocenters. The second-order valence-electron chi connectivity index (χ2n) is 7.44. The molecule has 0 spiro atoms. The fourth-order valence-electron chi connectivity index (χ4n) is 2.66. The molecule has 0 aliphatic carbocycles. The largest absolute Gasteiger partial charge is 0.500 e. The van der Waals surface area contributed by atoms with Crippen LogP contribution in [0.25, 0.3) is 0 Å². The Hall–Kier alpha value is -2.56. The molecule has 1 saturated heterocycles. The second kappa shape index (κ2) is 7.22. The van der Waals surface area contributed by atoms with Gasteiger partial charge in [0.25, 0.3) is 0 Å². The number of nitrogens with zero attached hydrogens (tertiary/aromatic N) is 2. The van der Waals surface area contributed by atoms with E-state index < -0.39 is 18.3 Å². The third-order valence-electron chi connectivity index (χ3n) is 5.07. The molecule has 0 radical (unpaired) electrons. The van der Waals surface area contributed by atoms with Gasteiger partial charge in [0.1, 0.15) is 29.9 Å². The predicted molar refractivity (Wildman–Crippen MR) is 102 cm³/mol. The minimum Gasteiger partial charge on any atom is -0.497 e. The second-order valence-corrected chi connectivity index (χ2v) is 7.44. The van der Waals surface area contributed by atoms with Crippen molar-refractivity contribution in [2.75, 3.05) is 7.11 Å². The zero-order valence-electron chi connectivity index (χ0n) is 16.3. The Morgan fingerprint density at radius 2 is 1.74 bits per heavy atom. The van der Waals surface area contributed by atoms with Gasteiger partial charge in [0.2, 0.25) is 0 Å². The van der Waals surface area contributed by atoms with Crippen molar-refractivity contribution in [2.45, 2.75) is 45.5 Å². The first-order valence-electron chi connectivity index (χ1n) is 8.77. The van der Waals surface area contributed by atoms with Gasteiger partial charge in [0.05, 0.1) is 18.3 Å². The molecule has 0 N–H and O–H groups in total. The number of rotatable bonds is 5. The van der Waals surface area contributed by atoms with E-state index in [4.69, 9.17) is 18.8 Å². The quantitative estimate of drug-likeness (QED) is 0.758. The Balaban J connectivity index is 1.84. The average molecular weight is 366 g/mol. The SMILES string of the molecule is COc1ccc(COc2cc(C#N)ncc2B2OC(C)(C)C(C)(C)O2)cc1. The van der Waals surface area contributed by atoms with Crippen molar-refractivity contribution >= 4 is 12.6 Å². The summed E-state index contributed by atoms with van der Waals surface area (Å²) in [6.45, 7) is 8.29. The van der Waals surface area contributed by atoms with Crippen molar-refractivity contribution in [1.29, 1.82) is 5.26 Å². The van der Waals surface area contributed by atoms with Crippen molar-refractivity contribution in [1.82, 2.24) is 4.98 Å². The topological polar surface area (TPSA) is 73.6 Å². The van der Waals surface area contributed by atoms with E-state index in [1.54, 1.807) is 19.4 Å². The summed E-state index contributed by atoms with van der Waals surface area (Å²) in [7, 11) is 1.02.